The minimum absolute atomic E-state index is 0.124. The van der Waals surface area contributed by atoms with Crippen molar-refractivity contribution in [3.63, 3.8) is 0 Å². The van der Waals surface area contributed by atoms with Gasteiger partial charge in [-0.05, 0) is 52.9 Å². The summed E-state index contributed by atoms with van der Waals surface area (Å²) in [6.07, 6.45) is 44.3. The molecule has 0 aromatic rings. The van der Waals surface area contributed by atoms with E-state index in [1.54, 1.807) is 7.11 Å². The number of nitrogens with one attached hydrogen (secondary N) is 1. The van der Waals surface area contributed by atoms with Gasteiger partial charge >= 0.3 is 0 Å². The number of unbranched alkanes of at least 4 members (excludes halogenated alkanes) is 24. The normalized spacial score (nSPS) is 12.8. The molecule has 0 unspecified atom stereocenters. The van der Waals surface area contributed by atoms with Crippen LogP contribution in [0.1, 0.15) is 234 Å². The number of ether oxygens (including phenoxy) is 2. The lowest BCUT2D eigenvalue weighted by molar-refractivity contribution is -0.497. The van der Waals surface area contributed by atoms with Gasteiger partial charge in [0, 0.05) is 13.5 Å². The predicted octanol–water partition coefficient (Wildman–Crippen LogP) is 13.8. The van der Waals surface area contributed by atoms with Gasteiger partial charge in [0.15, 0.2) is 0 Å². The van der Waals surface area contributed by atoms with E-state index in [1.165, 1.54) is 180 Å². The molecule has 0 heterocycles. The van der Waals surface area contributed by atoms with Crippen LogP contribution in [0.2, 0.25) is 0 Å². The smallest absolute Gasteiger partial charge is 0.231 e. The Bertz CT molecular complexity index is 674. The summed E-state index contributed by atoms with van der Waals surface area (Å²) in [7, 11) is 3.98. The van der Waals surface area contributed by atoms with Crippen LogP contribution in [0.25, 0.3) is 0 Å². The molecule has 0 spiro atoms. The summed E-state index contributed by atoms with van der Waals surface area (Å²) in [5, 5.41) is 3.73. The van der Waals surface area contributed by atoms with Crippen LogP contribution in [0.4, 0.5) is 0 Å². The lowest BCUT2D eigenvalue weighted by atomic mass is 9.94. The third kappa shape index (κ3) is 35.6. The molecule has 294 valence electrons. The molecular weight excluding hydrogens is 601 g/mol. The van der Waals surface area contributed by atoms with Gasteiger partial charge in [-0.2, -0.15) is 0 Å². The van der Waals surface area contributed by atoms with Crippen molar-refractivity contribution in [2.75, 3.05) is 33.9 Å². The van der Waals surface area contributed by atoms with Crippen molar-refractivity contribution in [1.29, 1.82) is 0 Å². The van der Waals surface area contributed by atoms with Gasteiger partial charge in [-0.25, -0.2) is 0 Å². The first-order valence-electron chi connectivity index (χ1n) is 22.1. The fourth-order valence-corrected chi connectivity index (χ4v) is 6.88. The molecule has 0 bridgehead atoms. The maximum atomic E-state index is 6.24. The molecule has 49 heavy (non-hydrogen) atoms. The topological polar surface area (TPSA) is 33.5 Å². The lowest BCUT2D eigenvalue weighted by Gasteiger charge is -2.28. The minimum Gasteiger partial charge on any atom is -0.379 e. The zero-order chi connectivity index (χ0) is 36.3. The minimum atomic E-state index is -0.128. The van der Waals surface area contributed by atoms with E-state index in [9.17, 15) is 0 Å². The van der Waals surface area contributed by atoms with Crippen molar-refractivity contribution in [3.05, 3.63) is 0 Å². The summed E-state index contributed by atoms with van der Waals surface area (Å²) in [6.45, 7) is 16.2. The quantitative estimate of drug-likeness (QED) is 0.0301. The molecule has 0 radical (unpaired) electrons. The Balaban J connectivity index is 4.36. The van der Waals surface area contributed by atoms with Gasteiger partial charge in [-0.1, -0.05) is 181 Å². The molecule has 0 aliphatic rings. The largest absolute Gasteiger partial charge is 0.379 e. The fourth-order valence-electron chi connectivity index (χ4n) is 6.88. The lowest BCUT2D eigenvalue weighted by Crippen LogP contribution is -2.33. The van der Waals surface area contributed by atoms with Crippen molar-refractivity contribution in [2.45, 2.75) is 245 Å². The second-order valence-corrected chi connectivity index (χ2v) is 17.0. The summed E-state index contributed by atoms with van der Waals surface area (Å²) in [5.41, 5.74) is -0.252. The number of nitrogens with zero attached hydrogens (tertiary/aromatic N) is 1. The van der Waals surface area contributed by atoms with E-state index in [0.29, 0.717) is 0 Å². The molecule has 1 N–H and O–H groups in total. The van der Waals surface area contributed by atoms with Gasteiger partial charge in [0.2, 0.25) is 6.34 Å². The van der Waals surface area contributed by atoms with Crippen LogP contribution in [0.15, 0.2) is 0 Å². The van der Waals surface area contributed by atoms with Crippen LogP contribution in [0.3, 0.4) is 0 Å². The van der Waals surface area contributed by atoms with Crippen LogP contribution in [-0.4, -0.2) is 56.0 Å². The number of methoxy groups -OCH3 is 1. The predicted molar refractivity (Wildman–Crippen MR) is 220 cm³/mol. The monoisotopic (exact) mass is 694 g/mol. The van der Waals surface area contributed by atoms with Crippen LogP contribution < -0.4 is 5.32 Å². The van der Waals surface area contributed by atoms with Crippen LogP contribution in [-0.2, 0) is 9.47 Å². The first-order valence-corrected chi connectivity index (χ1v) is 22.1. The van der Waals surface area contributed by atoms with Crippen molar-refractivity contribution >= 4 is 6.34 Å². The zero-order valence-electron chi connectivity index (χ0n) is 35.3. The van der Waals surface area contributed by atoms with E-state index >= 15 is 0 Å². The highest BCUT2D eigenvalue weighted by atomic mass is 16.5. The average Bonchev–Trinajstić information content (AvgIpc) is 3.07. The third-order valence-electron chi connectivity index (χ3n) is 11.0. The molecule has 0 atom stereocenters. The number of hydrogen-bond acceptors (Lipinski definition) is 2. The highest BCUT2D eigenvalue weighted by Crippen LogP contribution is 2.21. The Labute approximate surface area is 310 Å². The van der Waals surface area contributed by atoms with E-state index in [2.05, 4.69) is 64.8 Å². The van der Waals surface area contributed by atoms with Gasteiger partial charge < -0.3 is 9.47 Å². The molecule has 0 saturated heterocycles. The molecule has 0 fully saturated rings. The molecule has 0 rings (SSSR count). The van der Waals surface area contributed by atoms with E-state index in [1.807, 2.05) is 0 Å². The highest BCUT2D eigenvalue weighted by molar-refractivity contribution is 5.47. The molecule has 0 aromatic carbocycles. The molecule has 0 saturated carbocycles. The second-order valence-electron chi connectivity index (χ2n) is 17.0. The Morgan fingerprint density at radius 3 is 1.27 bits per heavy atom. The molecule has 0 aromatic heterocycles. The third-order valence-corrected chi connectivity index (χ3v) is 11.0. The molecular formula is C45H93N2O2+. The SMILES string of the molecule is CCCCCCCCCCCCCCCC(CCCCCCCCCCCCCCC)CNC=[N+](C)CCC(C)(C)OCCC(C)(C)OC. The maximum Gasteiger partial charge on any atom is 0.231 e. The van der Waals surface area contributed by atoms with Gasteiger partial charge in [-0.15, -0.1) is 0 Å². The van der Waals surface area contributed by atoms with Crippen molar-refractivity contribution in [2.24, 2.45) is 5.92 Å². The highest BCUT2D eigenvalue weighted by Gasteiger charge is 2.22. The van der Waals surface area contributed by atoms with Gasteiger partial charge in [0.25, 0.3) is 0 Å². The molecule has 4 nitrogen and oxygen atoms in total. The van der Waals surface area contributed by atoms with E-state index in [0.717, 1.165) is 38.5 Å². The first-order chi connectivity index (χ1) is 23.7. The average molecular weight is 694 g/mol. The number of hydrogen-bond donors (Lipinski definition) is 1. The summed E-state index contributed by atoms with van der Waals surface area (Å²) in [5.74, 6) is 0.800. The van der Waals surface area contributed by atoms with Gasteiger partial charge in [0.05, 0.1) is 37.9 Å². The van der Waals surface area contributed by atoms with Crippen molar-refractivity contribution in [1.82, 2.24) is 5.32 Å². The van der Waals surface area contributed by atoms with E-state index in [-0.39, 0.29) is 11.2 Å². The maximum absolute atomic E-state index is 6.24. The fraction of sp³-hybridized carbons (Fsp3) is 0.978. The van der Waals surface area contributed by atoms with Gasteiger partial charge in [0.1, 0.15) is 0 Å². The molecule has 0 aliphatic carbocycles. The number of rotatable bonds is 39. The Morgan fingerprint density at radius 1 is 0.531 bits per heavy atom. The molecule has 4 heteroatoms. The Kier molecular flexibility index (Phi) is 34.0. The Morgan fingerprint density at radius 2 is 0.898 bits per heavy atom. The second kappa shape index (κ2) is 34.5. The van der Waals surface area contributed by atoms with Crippen LogP contribution in [0.5, 0.6) is 0 Å². The van der Waals surface area contributed by atoms with Crippen LogP contribution >= 0.6 is 0 Å². The summed E-state index contributed by atoms with van der Waals surface area (Å²) in [4.78, 5) is 0. The molecule has 0 amide bonds. The standard InChI is InChI=1S/C45H92N2O2/c1-9-11-13-15-17-19-21-23-25-27-29-31-33-35-43(36-34-32-30-28-26-24-22-20-18-16-14-12-10-2)41-46-42-47(7)39-37-45(5,6)49-40-38-44(3,4)48-8/h42-43H,9-41H2,1-8H3/p+1. The van der Waals surface area contributed by atoms with E-state index < -0.39 is 0 Å². The van der Waals surface area contributed by atoms with Crippen molar-refractivity contribution in [3.8, 4) is 0 Å². The first kappa shape index (κ1) is 48.4. The van der Waals surface area contributed by atoms with Crippen LogP contribution in [0, 0.1) is 5.92 Å². The molecule has 0 aliphatic heterocycles. The zero-order valence-corrected chi connectivity index (χ0v) is 35.3. The summed E-state index contributed by atoms with van der Waals surface area (Å²) in [6, 6.07) is 0. The Hall–Kier alpha value is -0.610. The van der Waals surface area contributed by atoms with E-state index in [4.69, 9.17) is 9.47 Å². The van der Waals surface area contributed by atoms with Gasteiger partial charge in [-0.3, -0.25) is 9.89 Å². The van der Waals surface area contributed by atoms with Crippen molar-refractivity contribution < 1.29 is 14.0 Å². The summed E-state index contributed by atoms with van der Waals surface area (Å²) < 4.78 is 14.1. The summed E-state index contributed by atoms with van der Waals surface area (Å²) >= 11 is 0.